The van der Waals surface area contributed by atoms with Crippen LogP contribution in [-0.4, -0.2) is 31.7 Å². The molecule has 0 spiro atoms. The molecule has 2 rings (SSSR count). The van der Waals surface area contributed by atoms with Gasteiger partial charge in [-0.15, -0.1) is 11.3 Å². The number of rotatable bonds is 5. The molecule has 1 aliphatic rings. The smallest absolute Gasteiger partial charge is 0.186 e. The van der Waals surface area contributed by atoms with Crippen LogP contribution >= 0.6 is 11.3 Å². The van der Waals surface area contributed by atoms with Gasteiger partial charge in [-0.1, -0.05) is 0 Å². The highest BCUT2D eigenvalue weighted by atomic mass is 32.1. The van der Waals surface area contributed by atoms with Crippen LogP contribution in [0.2, 0.25) is 0 Å². The summed E-state index contributed by atoms with van der Waals surface area (Å²) in [5.74, 6) is 0. The van der Waals surface area contributed by atoms with Gasteiger partial charge in [-0.3, -0.25) is 0 Å². The van der Waals surface area contributed by atoms with Crippen molar-refractivity contribution in [2.24, 2.45) is 0 Å². The molecular weight excluding hydrogens is 246 g/mol. The predicted octanol–water partition coefficient (Wildman–Crippen LogP) is 2.39. The van der Waals surface area contributed by atoms with Crippen molar-refractivity contribution in [3.63, 3.8) is 0 Å². The minimum atomic E-state index is 0.607. The Hall–Kier alpha value is -0.650. The molecule has 1 N–H and O–H groups in total. The Bertz CT molecular complexity index is 357. The van der Waals surface area contributed by atoms with E-state index in [0.29, 0.717) is 12.6 Å². The van der Waals surface area contributed by atoms with Gasteiger partial charge in [-0.05, 0) is 33.2 Å². The van der Waals surface area contributed by atoms with Gasteiger partial charge in [0.25, 0.3) is 0 Å². The highest BCUT2D eigenvalue weighted by molar-refractivity contribution is 7.15. The molecule has 0 amide bonds. The normalized spacial score (nSPS) is 20.4. The Balaban J connectivity index is 2.18. The molecule has 0 saturated carbocycles. The number of nitrogens with one attached hydrogen (secondary N) is 1. The minimum Gasteiger partial charge on any atom is -0.378 e. The Labute approximate surface area is 113 Å². The molecule has 0 bridgehead atoms. The third-order valence-electron chi connectivity index (χ3n) is 3.43. The first-order chi connectivity index (χ1) is 8.76. The van der Waals surface area contributed by atoms with Crippen LogP contribution < -0.4 is 10.2 Å². The topological polar surface area (TPSA) is 37.4 Å². The van der Waals surface area contributed by atoms with Crippen LogP contribution in [-0.2, 0) is 17.9 Å². The van der Waals surface area contributed by atoms with Gasteiger partial charge in [0.2, 0.25) is 0 Å². The van der Waals surface area contributed by atoms with Gasteiger partial charge < -0.3 is 15.0 Å². The van der Waals surface area contributed by atoms with Gasteiger partial charge in [0.1, 0.15) is 0 Å². The molecule has 1 unspecified atom stereocenters. The van der Waals surface area contributed by atoms with Crippen molar-refractivity contribution in [1.82, 2.24) is 10.3 Å². The fraction of sp³-hybridized carbons (Fsp3) is 0.769. The first kappa shape index (κ1) is 13.8. The van der Waals surface area contributed by atoms with Gasteiger partial charge in [0.05, 0.1) is 12.3 Å². The first-order valence-corrected chi connectivity index (χ1v) is 7.46. The predicted molar refractivity (Wildman–Crippen MR) is 76.2 cm³/mol. The number of anilines is 1. The number of nitrogens with zero attached hydrogens (tertiary/aromatic N) is 2. The summed E-state index contributed by atoms with van der Waals surface area (Å²) in [7, 11) is 3.70. The molecule has 1 aromatic rings. The van der Waals surface area contributed by atoms with E-state index in [1.807, 2.05) is 7.05 Å². The van der Waals surface area contributed by atoms with E-state index in [4.69, 9.17) is 9.72 Å². The van der Waals surface area contributed by atoms with E-state index in [2.05, 4.69) is 17.1 Å². The van der Waals surface area contributed by atoms with E-state index in [0.717, 1.165) is 18.8 Å². The number of aromatic nitrogens is 1. The van der Waals surface area contributed by atoms with Gasteiger partial charge in [0, 0.05) is 31.1 Å². The maximum absolute atomic E-state index is 5.24. The van der Waals surface area contributed by atoms with E-state index in [1.165, 1.54) is 29.3 Å². The third kappa shape index (κ3) is 3.02. The van der Waals surface area contributed by atoms with Crippen molar-refractivity contribution >= 4 is 16.5 Å². The molecule has 4 nitrogen and oxygen atoms in total. The second kappa shape index (κ2) is 6.50. The maximum atomic E-state index is 5.24. The zero-order valence-corrected chi connectivity index (χ0v) is 12.3. The summed E-state index contributed by atoms with van der Waals surface area (Å²) < 4.78 is 5.24. The Morgan fingerprint density at radius 3 is 3.00 bits per heavy atom. The van der Waals surface area contributed by atoms with Crippen LogP contribution in [0.1, 0.15) is 36.8 Å². The molecule has 18 heavy (non-hydrogen) atoms. The highest BCUT2D eigenvalue weighted by Gasteiger charge is 2.22. The number of ether oxygens (including phenoxy) is 1. The van der Waals surface area contributed by atoms with Crippen molar-refractivity contribution in [3.8, 4) is 0 Å². The van der Waals surface area contributed by atoms with Crippen LogP contribution in [0.4, 0.5) is 5.13 Å². The van der Waals surface area contributed by atoms with Gasteiger partial charge in [-0.2, -0.15) is 0 Å². The Kier molecular flexibility index (Phi) is 4.97. The summed E-state index contributed by atoms with van der Waals surface area (Å²) in [6, 6.07) is 0.614. The van der Waals surface area contributed by atoms with E-state index in [-0.39, 0.29) is 0 Å². The number of piperidine rings is 1. The van der Waals surface area contributed by atoms with E-state index in [1.54, 1.807) is 18.4 Å². The highest BCUT2D eigenvalue weighted by Crippen LogP contribution is 2.31. The molecule has 102 valence electrons. The molecular formula is C13H23N3OS. The molecule has 5 heteroatoms. The van der Waals surface area contributed by atoms with E-state index in [9.17, 15) is 0 Å². The monoisotopic (exact) mass is 269 g/mol. The SMILES string of the molecule is CNCc1sc(N2CCCCC2C)nc1COC. The van der Waals surface area contributed by atoms with Crippen molar-refractivity contribution in [2.45, 2.75) is 45.4 Å². The number of methoxy groups -OCH3 is 1. The molecule has 1 aliphatic heterocycles. The summed E-state index contributed by atoms with van der Waals surface area (Å²) in [5, 5.41) is 4.37. The molecule has 0 radical (unpaired) electrons. The lowest BCUT2D eigenvalue weighted by atomic mass is 10.1. The van der Waals surface area contributed by atoms with Gasteiger partial charge >= 0.3 is 0 Å². The van der Waals surface area contributed by atoms with Gasteiger partial charge in [0.15, 0.2) is 5.13 Å². The van der Waals surface area contributed by atoms with Crippen molar-refractivity contribution in [1.29, 1.82) is 0 Å². The summed E-state index contributed by atoms with van der Waals surface area (Å²) in [5.41, 5.74) is 1.09. The minimum absolute atomic E-state index is 0.607. The zero-order chi connectivity index (χ0) is 13.0. The Morgan fingerprint density at radius 1 is 1.50 bits per heavy atom. The summed E-state index contributed by atoms with van der Waals surface area (Å²) in [4.78, 5) is 8.52. The fourth-order valence-electron chi connectivity index (χ4n) is 2.42. The second-order valence-corrected chi connectivity index (χ2v) is 5.93. The van der Waals surface area contributed by atoms with Gasteiger partial charge in [-0.25, -0.2) is 4.98 Å². The first-order valence-electron chi connectivity index (χ1n) is 6.65. The van der Waals surface area contributed by atoms with Crippen LogP contribution in [0.15, 0.2) is 0 Å². The summed E-state index contributed by atoms with van der Waals surface area (Å²) >= 11 is 1.81. The number of thiazole rings is 1. The average Bonchev–Trinajstić information content (AvgIpc) is 2.74. The molecule has 2 heterocycles. The van der Waals surface area contributed by atoms with E-state index < -0.39 is 0 Å². The van der Waals surface area contributed by atoms with Crippen molar-refractivity contribution < 1.29 is 4.74 Å². The van der Waals surface area contributed by atoms with E-state index >= 15 is 0 Å². The summed E-state index contributed by atoms with van der Waals surface area (Å²) in [6.45, 7) is 4.92. The van der Waals surface area contributed by atoms with Crippen LogP contribution in [0, 0.1) is 0 Å². The van der Waals surface area contributed by atoms with Crippen LogP contribution in [0.3, 0.4) is 0 Å². The standard InChI is InChI=1S/C13H23N3OS/c1-10-6-4-5-7-16(10)13-15-11(9-17-3)12(18-13)8-14-2/h10,14H,4-9H2,1-3H3. The lowest BCUT2D eigenvalue weighted by Crippen LogP contribution is -2.37. The second-order valence-electron chi connectivity index (χ2n) is 4.87. The molecule has 1 saturated heterocycles. The summed E-state index contributed by atoms with van der Waals surface area (Å²) in [6.07, 6.45) is 3.91. The fourth-order valence-corrected chi connectivity index (χ4v) is 3.63. The van der Waals surface area contributed by atoms with Crippen LogP contribution in [0.5, 0.6) is 0 Å². The van der Waals surface area contributed by atoms with Crippen molar-refractivity contribution in [3.05, 3.63) is 10.6 Å². The number of hydrogen-bond acceptors (Lipinski definition) is 5. The van der Waals surface area contributed by atoms with Crippen LogP contribution in [0.25, 0.3) is 0 Å². The molecule has 1 atom stereocenters. The average molecular weight is 269 g/mol. The lowest BCUT2D eigenvalue weighted by Gasteiger charge is -2.33. The zero-order valence-electron chi connectivity index (χ0n) is 11.5. The Morgan fingerprint density at radius 2 is 2.33 bits per heavy atom. The molecule has 0 aromatic carbocycles. The molecule has 0 aliphatic carbocycles. The molecule has 1 fully saturated rings. The maximum Gasteiger partial charge on any atom is 0.186 e. The number of hydrogen-bond donors (Lipinski definition) is 1. The lowest BCUT2D eigenvalue weighted by molar-refractivity contribution is 0.181. The quantitative estimate of drug-likeness (QED) is 0.890. The van der Waals surface area contributed by atoms with Crippen molar-refractivity contribution in [2.75, 3.05) is 25.6 Å². The third-order valence-corrected chi connectivity index (χ3v) is 4.57. The molecule has 1 aromatic heterocycles. The largest absolute Gasteiger partial charge is 0.378 e.